The van der Waals surface area contributed by atoms with Crippen molar-refractivity contribution in [3.63, 3.8) is 0 Å². The van der Waals surface area contributed by atoms with Crippen LogP contribution in [0.5, 0.6) is 0 Å². The zero-order valence-corrected chi connectivity index (χ0v) is 18.1. The summed E-state index contributed by atoms with van der Waals surface area (Å²) in [6.07, 6.45) is 2.05. The van der Waals surface area contributed by atoms with Gasteiger partial charge in [0.1, 0.15) is 5.82 Å². The molecule has 2 amide bonds. The summed E-state index contributed by atoms with van der Waals surface area (Å²) in [5.74, 6) is 0.770. The highest BCUT2D eigenvalue weighted by Crippen LogP contribution is 2.24. The van der Waals surface area contributed by atoms with Gasteiger partial charge in [-0.2, -0.15) is 0 Å². The molecule has 160 valence electrons. The van der Waals surface area contributed by atoms with E-state index in [1.807, 2.05) is 54.3 Å². The molecule has 3 N–H and O–H groups in total. The predicted molar refractivity (Wildman–Crippen MR) is 123 cm³/mol. The van der Waals surface area contributed by atoms with E-state index in [4.69, 9.17) is 11.6 Å². The molecule has 4 aromatic rings. The topological polar surface area (TPSA) is 80.1 Å². The van der Waals surface area contributed by atoms with Crippen molar-refractivity contribution in [2.45, 2.75) is 19.5 Å². The summed E-state index contributed by atoms with van der Waals surface area (Å²) in [4.78, 5) is 28.2. The number of amides is 2. The normalized spacial score (nSPS) is 16.1. The highest BCUT2D eigenvalue weighted by molar-refractivity contribution is 6.31. The zero-order valence-electron chi connectivity index (χ0n) is 17.4. The van der Waals surface area contributed by atoms with Gasteiger partial charge in [-0.1, -0.05) is 23.7 Å². The minimum Gasteiger partial charge on any atom is -0.361 e. The molecule has 1 atom stereocenters. The maximum atomic E-state index is 12.8. The van der Waals surface area contributed by atoms with Crippen LogP contribution in [0.15, 0.2) is 48.7 Å². The van der Waals surface area contributed by atoms with Crippen molar-refractivity contribution in [3.8, 4) is 0 Å². The van der Waals surface area contributed by atoms with E-state index in [1.54, 1.807) is 0 Å². The molecular formula is C23H25ClN6O. The number of piperazine rings is 1. The van der Waals surface area contributed by atoms with Crippen LogP contribution in [0.25, 0.3) is 21.9 Å². The van der Waals surface area contributed by atoms with E-state index in [9.17, 15) is 4.79 Å². The zero-order chi connectivity index (χ0) is 21.4. The number of carbonyl (C=O) groups excluding carboxylic acids is 1. The lowest BCUT2D eigenvalue weighted by Crippen LogP contribution is -2.51. The van der Waals surface area contributed by atoms with E-state index in [0.29, 0.717) is 13.1 Å². The number of benzene rings is 2. The van der Waals surface area contributed by atoms with E-state index in [-0.39, 0.29) is 12.1 Å². The van der Waals surface area contributed by atoms with Crippen LogP contribution in [0.4, 0.5) is 4.79 Å². The molecule has 1 aliphatic heterocycles. The maximum Gasteiger partial charge on any atom is 0.318 e. The van der Waals surface area contributed by atoms with Crippen molar-refractivity contribution in [2.75, 3.05) is 26.2 Å². The van der Waals surface area contributed by atoms with Crippen molar-refractivity contribution >= 4 is 39.6 Å². The van der Waals surface area contributed by atoms with Gasteiger partial charge in [0.25, 0.3) is 0 Å². The number of nitrogens with zero attached hydrogens (tertiary/aromatic N) is 3. The fourth-order valence-electron chi connectivity index (χ4n) is 4.15. The van der Waals surface area contributed by atoms with Gasteiger partial charge < -0.3 is 20.2 Å². The highest BCUT2D eigenvalue weighted by atomic mass is 35.5. The van der Waals surface area contributed by atoms with Gasteiger partial charge in [-0.15, -0.1) is 0 Å². The van der Waals surface area contributed by atoms with Gasteiger partial charge in [0.15, 0.2) is 0 Å². The molecule has 1 unspecified atom stereocenters. The molecule has 5 rings (SSSR count). The van der Waals surface area contributed by atoms with Crippen molar-refractivity contribution in [2.24, 2.45) is 0 Å². The second-order valence-electron chi connectivity index (χ2n) is 8.08. The first-order valence-corrected chi connectivity index (χ1v) is 10.9. The van der Waals surface area contributed by atoms with Crippen LogP contribution < -0.4 is 5.32 Å². The smallest absolute Gasteiger partial charge is 0.318 e. The van der Waals surface area contributed by atoms with Crippen molar-refractivity contribution in [1.82, 2.24) is 30.1 Å². The number of halogens is 1. The maximum absolute atomic E-state index is 12.8. The molecule has 0 spiro atoms. The monoisotopic (exact) mass is 436 g/mol. The third kappa shape index (κ3) is 4.11. The van der Waals surface area contributed by atoms with Crippen LogP contribution in [-0.4, -0.2) is 57.0 Å². The third-order valence-corrected chi connectivity index (χ3v) is 6.18. The van der Waals surface area contributed by atoms with Crippen molar-refractivity contribution in [1.29, 1.82) is 0 Å². The minimum absolute atomic E-state index is 0.0496. The number of rotatable bonds is 4. The molecule has 31 heavy (non-hydrogen) atoms. The number of para-hydroxylation sites is 2. The highest BCUT2D eigenvalue weighted by Gasteiger charge is 2.23. The summed E-state index contributed by atoms with van der Waals surface area (Å²) in [5, 5.41) is 4.98. The molecule has 0 saturated carbocycles. The number of fused-ring (bicyclic) bond motifs is 2. The van der Waals surface area contributed by atoms with Crippen molar-refractivity contribution < 1.29 is 4.79 Å². The summed E-state index contributed by atoms with van der Waals surface area (Å²) in [7, 11) is 0. The molecule has 2 aromatic heterocycles. The Morgan fingerprint density at radius 1 is 1.16 bits per heavy atom. The third-order valence-electron chi connectivity index (χ3n) is 5.94. The van der Waals surface area contributed by atoms with Crippen LogP contribution in [0.2, 0.25) is 5.02 Å². The first-order chi connectivity index (χ1) is 15.1. The summed E-state index contributed by atoms with van der Waals surface area (Å²) in [5.41, 5.74) is 4.21. The Morgan fingerprint density at radius 3 is 2.77 bits per heavy atom. The van der Waals surface area contributed by atoms with Crippen molar-refractivity contribution in [3.05, 3.63) is 65.1 Å². The number of urea groups is 1. The van der Waals surface area contributed by atoms with E-state index in [2.05, 4.69) is 31.4 Å². The summed E-state index contributed by atoms with van der Waals surface area (Å²) < 4.78 is 0. The van der Waals surface area contributed by atoms with Gasteiger partial charge in [0.2, 0.25) is 0 Å². The van der Waals surface area contributed by atoms with Gasteiger partial charge in [-0.05, 0) is 42.8 Å². The van der Waals surface area contributed by atoms with Gasteiger partial charge in [-0.25, -0.2) is 9.78 Å². The molecule has 2 aromatic carbocycles. The Kier molecular flexibility index (Phi) is 5.29. The summed E-state index contributed by atoms with van der Waals surface area (Å²) >= 11 is 6.17. The number of aromatic amines is 2. The number of aromatic nitrogens is 3. The Balaban J connectivity index is 1.17. The number of carbonyl (C=O) groups is 1. The molecule has 1 fully saturated rings. The number of nitrogens with one attached hydrogen (secondary N) is 3. The molecule has 3 heterocycles. The first-order valence-electron chi connectivity index (χ1n) is 10.5. The molecule has 1 saturated heterocycles. The van der Waals surface area contributed by atoms with Crippen LogP contribution in [-0.2, 0) is 6.54 Å². The molecule has 1 aliphatic rings. The van der Waals surface area contributed by atoms with E-state index < -0.39 is 0 Å². The lowest BCUT2D eigenvalue weighted by atomic mass is 10.1. The SMILES string of the molecule is CC(NC(=O)N1CCN(Cc2c[nH]c3ccc(Cl)cc23)CC1)c1nc2ccccc2[nH]1. The van der Waals surface area contributed by atoms with E-state index in [0.717, 1.165) is 52.4 Å². The molecule has 8 heteroatoms. The Labute approximate surface area is 185 Å². The standard InChI is InChI=1S/C23H25ClN6O/c1-15(22-27-20-4-2-3-5-21(20)28-22)26-23(31)30-10-8-29(9-11-30)14-16-13-25-19-7-6-17(24)12-18(16)19/h2-7,12-13,15,25H,8-11,14H2,1H3,(H,26,31)(H,27,28). The van der Waals surface area contributed by atoms with Crippen LogP contribution in [0.1, 0.15) is 24.4 Å². The second kappa shape index (κ2) is 8.24. The van der Waals surface area contributed by atoms with Crippen LogP contribution in [0.3, 0.4) is 0 Å². The van der Waals surface area contributed by atoms with Gasteiger partial charge in [0, 0.05) is 54.8 Å². The van der Waals surface area contributed by atoms with Gasteiger partial charge in [-0.3, -0.25) is 4.90 Å². The molecule has 0 aliphatic carbocycles. The average Bonchev–Trinajstić information content (AvgIpc) is 3.38. The predicted octanol–water partition coefficient (Wildman–Crippen LogP) is 4.29. The first kappa shape index (κ1) is 19.9. The minimum atomic E-state index is -0.186. The second-order valence-corrected chi connectivity index (χ2v) is 8.51. The molecular weight excluding hydrogens is 412 g/mol. The Bertz CT molecular complexity index is 1190. The van der Waals surface area contributed by atoms with Crippen LogP contribution >= 0.6 is 11.6 Å². The Morgan fingerprint density at radius 2 is 1.97 bits per heavy atom. The fraction of sp³-hybridized carbons (Fsp3) is 0.304. The number of hydrogen-bond acceptors (Lipinski definition) is 3. The lowest BCUT2D eigenvalue weighted by Gasteiger charge is -2.35. The summed E-state index contributed by atoms with van der Waals surface area (Å²) in [6.45, 7) is 5.85. The van der Waals surface area contributed by atoms with Crippen LogP contribution in [0, 0.1) is 0 Å². The quantitative estimate of drug-likeness (QED) is 0.446. The molecule has 7 nitrogen and oxygen atoms in total. The van der Waals surface area contributed by atoms with Gasteiger partial charge in [0.05, 0.1) is 17.1 Å². The fourth-order valence-corrected chi connectivity index (χ4v) is 4.33. The number of hydrogen-bond donors (Lipinski definition) is 3. The molecule has 0 radical (unpaired) electrons. The van der Waals surface area contributed by atoms with E-state index in [1.165, 1.54) is 5.56 Å². The lowest BCUT2D eigenvalue weighted by molar-refractivity contribution is 0.133. The number of imidazole rings is 1. The number of H-pyrrole nitrogens is 2. The van der Waals surface area contributed by atoms with E-state index >= 15 is 0 Å². The summed E-state index contributed by atoms with van der Waals surface area (Å²) in [6, 6.07) is 13.6. The molecule has 0 bridgehead atoms. The Hall–Kier alpha value is -3.03. The average molecular weight is 437 g/mol. The largest absolute Gasteiger partial charge is 0.361 e. The van der Waals surface area contributed by atoms with Gasteiger partial charge >= 0.3 is 6.03 Å².